The maximum absolute atomic E-state index is 13.4. The summed E-state index contributed by atoms with van der Waals surface area (Å²) in [7, 11) is -0.811. The second-order valence-corrected chi connectivity index (χ2v) is 10.3. The third-order valence-electron chi connectivity index (χ3n) is 5.82. The highest BCUT2D eigenvalue weighted by Crippen LogP contribution is 2.38. The maximum Gasteiger partial charge on any atom is 0.325 e. The first-order valence-corrected chi connectivity index (χ1v) is 12.4. The van der Waals surface area contributed by atoms with Crippen molar-refractivity contribution >= 4 is 27.6 Å². The molecule has 0 saturated heterocycles. The van der Waals surface area contributed by atoms with E-state index in [9.17, 15) is 13.2 Å². The molecule has 34 heavy (non-hydrogen) atoms. The standard InChI is InChI=1S/C23H24ClN3O6S/c1-26(20-4-3-5-21-18(20)13-25-27(21)14-23(28)29)34(30,31)17-10-11-22(19(24)12-17)33-16-8-6-15(32-2)7-9-16/h6-13,20H,3-5,14H2,1-2H3,(H,28,29)/t20-/m1/s1. The van der Waals surface area contributed by atoms with Gasteiger partial charge in [0.25, 0.3) is 0 Å². The van der Waals surface area contributed by atoms with Crippen molar-refractivity contribution in [3.63, 3.8) is 0 Å². The van der Waals surface area contributed by atoms with Crippen molar-refractivity contribution in [2.45, 2.75) is 36.7 Å². The lowest BCUT2D eigenvalue weighted by molar-refractivity contribution is -0.137. The van der Waals surface area contributed by atoms with Crippen molar-refractivity contribution < 1.29 is 27.8 Å². The molecular weight excluding hydrogens is 482 g/mol. The lowest BCUT2D eigenvalue weighted by Crippen LogP contribution is -2.33. The number of halogens is 1. The molecule has 1 atom stereocenters. The van der Waals surface area contributed by atoms with Crippen molar-refractivity contribution in [1.82, 2.24) is 14.1 Å². The summed E-state index contributed by atoms with van der Waals surface area (Å²) in [5.41, 5.74) is 1.48. The van der Waals surface area contributed by atoms with Gasteiger partial charge in [-0.25, -0.2) is 8.42 Å². The van der Waals surface area contributed by atoms with Gasteiger partial charge >= 0.3 is 5.97 Å². The number of carboxylic acids is 1. The van der Waals surface area contributed by atoms with Crippen LogP contribution in [0.5, 0.6) is 17.2 Å². The van der Waals surface area contributed by atoms with Crippen molar-refractivity contribution in [1.29, 1.82) is 0 Å². The predicted octanol–water partition coefficient (Wildman–Crippen LogP) is 4.12. The Bertz CT molecular complexity index is 1310. The highest BCUT2D eigenvalue weighted by molar-refractivity contribution is 7.89. The summed E-state index contributed by atoms with van der Waals surface area (Å²) in [6.07, 6.45) is 3.54. The van der Waals surface area contributed by atoms with Gasteiger partial charge in [-0.15, -0.1) is 0 Å². The highest BCUT2D eigenvalue weighted by atomic mass is 35.5. The van der Waals surface area contributed by atoms with Gasteiger partial charge in [-0.2, -0.15) is 9.40 Å². The molecule has 0 bridgehead atoms. The van der Waals surface area contributed by atoms with E-state index >= 15 is 0 Å². The summed E-state index contributed by atoms with van der Waals surface area (Å²) in [5.74, 6) is 0.537. The third kappa shape index (κ3) is 4.75. The lowest BCUT2D eigenvalue weighted by Gasteiger charge is -2.31. The normalized spacial score (nSPS) is 15.7. The molecule has 1 aromatic heterocycles. The van der Waals surface area contributed by atoms with E-state index in [0.29, 0.717) is 30.1 Å². The summed E-state index contributed by atoms with van der Waals surface area (Å²) >= 11 is 6.37. The van der Waals surface area contributed by atoms with Crippen molar-refractivity contribution in [3.05, 3.63) is 64.9 Å². The molecule has 1 aliphatic rings. The zero-order valence-electron chi connectivity index (χ0n) is 18.6. The fourth-order valence-electron chi connectivity index (χ4n) is 4.07. The van der Waals surface area contributed by atoms with Crippen LogP contribution in [0.3, 0.4) is 0 Å². The minimum Gasteiger partial charge on any atom is -0.497 e. The molecule has 2 aromatic carbocycles. The van der Waals surface area contributed by atoms with Crippen LogP contribution in [0, 0.1) is 0 Å². The van der Waals surface area contributed by atoms with Crippen LogP contribution in [0.1, 0.15) is 30.1 Å². The van der Waals surface area contributed by atoms with E-state index < -0.39 is 22.0 Å². The molecule has 0 unspecified atom stereocenters. The number of aliphatic carboxylic acids is 1. The molecule has 4 rings (SSSR count). The average Bonchev–Trinajstić information content (AvgIpc) is 3.22. The molecule has 180 valence electrons. The van der Waals surface area contributed by atoms with Crippen LogP contribution in [0.25, 0.3) is 0 Å². The van der Waals surface area contributed by atoms with E-state index in [1.807, 2.05) is 0 Å². The molecular formula is C23H24ClN3O6S. The predicted molar refractivity (Wildman–Crippen MR) is 125 cm³/mol. The highest BCUT2D eigenvalue weighted by Gasteiger charge is 2.34. The van der Waals surface area contributed by atoms with E-state index in [4.69, 9.17) is 26.2 Å². The SMILES string of the molecule is COc1ccc(Oc2ccc(S(=O)(=O)N(C)[C@@H]3CCCc4c3cnn4CC(=O)O)cc2Cl)cc1. The largest absolute Gasteiger partial charge is 0.497 e. The molecule has 0 fully saturated rings. The molecule has 0 spiro atoms. The first-order valence-electron chi connectivity index (χ1n) is 10.6. The Hall–Kier alpha value is -3.08. The zero-order valence-corrected chi connectivity index (χ0v) is 20.2. The Morgan fingerprint density at radius 1 is 1.24 bits per heavy atom. The molecule has 0 saturated carbocycles. The quantitative estimate of drug-likeness (QED) is 0.490. The first kappa shape index (κ1) is 24.1. The minimum absolute atomic E-state index is 0.0344. The summed E-state index contributed by atoms with van der Waals surface area (Å²) in [4.78, 5) is 11.2. The number of hydrogen-bond donors (Lipinski definition) is 1. The number of nitrogens with zero attached hydrogens (tertiary/aromatic N) is 3. The number of rotatable bonds is 8. The third-order valence-corrected chi connectivity index (χ3v) is 7.98. The van der Waals surface area contributed by atoms with Crippen molar-refractivity contribution in [3.8, 4) is 17.2 Å². The lowest BCUT2D eigenvalue weighted by atomic mass is 9.93. The topological polar surface area (TPSA) is 111 Å². The molecule has 9 nitrogen and oxygen atoms in total. The molecule has 1 N–H and O–H groups in total. The molecule has 11 heteroatoms. The maximum atomic E-state index is 13.4. The minimum atomic E-state index is -3.89. The summed E-state index contributed by atoms with van der Waals surface area (Å²) in [6.45, 7) is -0.260. The Labute approximate surface area is 202 Å². The Morgan fingerprint density at radius 2 is 1.94 bits per heavy atom. The van der Waals surface area contributed by atoms with E-state index in [1.165, 1.54) is 34.2 Å². The Balaban J connectivity index is 1.57. The number of carbonyl (C=O) groups is 1. The Morgan fingerprint density at radius 3 is 2.59 bits per heavy atom. The van der Waals surface area contributed by atoms with E-state index in [-0.39, 0.29) is 16.5 Å². The first-order chi connectivity index (χ1) is 16.2. The van der Waals surface area contributed by atoms with Gasteiger partial charge in [0.1, 0.15) is 23.8 Å². The van der Waals surface area contributed by atoms with Gasteiger partial charge in [0, 0.05) is 18.3 Å². The van der Waals surface area contributed by atoms with E-state index in [1.54, 1.807) is 37.6 Å². The summed E-state index contributed by atoms with van der Waals surface area (Å²) in [6, 6.07) is 10.8. The van der Waals surface area contributed by atoms with E-state index in [2.05, 4.69) is 5.10 Å². The number of sulfonamides is 1. The van der Waals surface area contributed by atoms with Crippen molar-refractivity contribution in [2.75, 3.05) is 14.2 Å². The van der Waals surface area contributed by atoms with Gasteiger partial charge in [0.05, 0.1) is 29.3 Å². The summed E-state index contributed by atoms with van der Waals surface area (Å²) < 4.78 is 40.4. The number of methoxy groups -OCH3 is 1. The second-order valence-electron chi connectivity index (χ2n) is 7.90. The van der Waals surface area contributed by atoms with Crippen LogP contribution in [-0.4, -0.2) is 47.7 Å². The van der Waals surface area contributed by atoms with Gasteiger partial charge in [0.2, 0.25) is 10.0 Å². The molecule has 1 aliphatic carbocycles. The molecule has 0 radical (unpaired) electrons. The zero-order chi connectivity index (χ0) is 24.5. The van der Waals surface area contributed by atoms with Gasteiger partial charge in [-0.05, 0) is 61.7 Å². The molecule has 0 amide bonds. The number of hydrogen-bond acceptors (Lipinski definition) is 6. The Kier molecular flexibility index (Phi) is 6.83. The van der Waals surface area contributed by atoms with Crippen LogP contribution in [0.15, 0.2) is 53.6 Å². The fourth-order valence-corrected chi connectivity index (χ4v) is 5.74. The van der Waals surface area contributed by atoms with Crippen molar-refractivity contribution in [2.24, 2.45) is 0 Å². The van der Waals surface area contributed by atoms with E-state index in [0.717, 1.165) is 17.7 Å². The van der Waals surface area contributed by atoms with Gasteiger partial charge in [-0.3, -0.25) is 9.48 Å². The van der Waals surface area contributed by atoms with Crippen LogP contribution in [0.4, 0.5) is 0 Å². The van der Waals surface area contributed by atoms with Crippen LogP contribution in [-0.2, 0) is 27.8 Å². The van der Waals surface area contributed by atoms with Gasteiger partial charge < -0.3 is 14.6 Å². The number of fused-ring (bicyclic) bond motifs is 1. The molecule has 3 aromatic rings. The average molecular weight is 506 g/mol. The number of benzene rings is 2. The monoisotopic (exact) mass is 505 g/mol. The molecule has 0 aliphatic heterocycles. The van der Waals surface area contributed by atoms with Crippen LogP contribution >= 0.6 is 11.6 Å². The molecule has 1 heterocycles. The van der Waals surface area contributed by atoms with Gasteiger partial charge in [0.15, 0.2) is 0 Å². The number of aromatic nitrogens is 2. The van der Waals surface area contributed by atoms with Crippen LogP contribution in [0.2, 0.25) is 5.02 Å². The smallest absolute Gasteiger partial charge is 0.325 e. The fraction of sp³-hybridized carbons (Fsp3) is 0.304. The number of carboxylic acid groups (broad SMARTS) is 1. The van der Waals surface area contributed by atoms with Gasteiger partial charge in [-0.1, -0.05) is 11.6 Å². The second kappa shape index (κ2) is 9.65. The van der Waals surface area contributed by atoms with Crippen LogP contribution < -0.4 is 9.47 Å². The summed E-state index contributed by atoms with van der Waals surface area (Å²) in [5, 5.41) is 13.4. The number of ether oxygens (including phenoxy) is 2.